The zero-order valence-corrected chi connectivity index (χ0v) is 11.4. The molecular weight excluding hydrogens is 239 g/mol. The fourth-order valence-electron chi connectivity index (χ4n) is 3.48. The van der Waals surface area contributed by atoms with Crippen LogP contribution in [0.4, 0.5) is 4.39 Å². The van der Waals surface area contributed by atoms with E-state index in [0.717, 1.165) is 18.5 Å². The number of halogens is 1. The van der Waals surface area contributed by atoms with E-state index < -0.39 is 0 Å². The van der Waals surface area contributed by atoms with Gasteiger partial charge in [-0.05, 0) is 50.8 Å². The zero-order chi connectivity index (χ0) is 13.2. The van der Waals surface area contributed by atoms with Crippen molar-refractivity contribution in [1.29, 1.82) is 0 Å². The average molecular weight is 262 g/mol. The van der Waals surface area contributed by atoms with Crippen LogP contribution in [-0.4, -0.2) is 24.0 Å². The molecule has 1 aliphatic heterocycles. The molecule has 2 aliphatic rings. The molecule has 0 amide bonds. The predicted octanol–water partition coefficient (Wildman–Crippen LogP) is 3.09. The first-order valence-corrected chi connectivity index (χ1v) is 7.51. The van der Waals surface area contributed by atoms with E-state index in [1.807, 2.05) is 12.1 Å². The molecule has 0 aromatic heterocycles. The molecule has 1 aliphatic carbocycles. The van der Waals surface area contributed by atoms with Crippen molar-refractivity contribution in [2.45, 2.75) is 44.2 Å². The topological polar surface area (TPSA) is 29.3 Å². The van der Waals surface area contributed by atoms with E-state index in [9.17, 15) is 4.39 Å². The zero-order valence-electron chi connectivity index (χ0n) is 11.4. The molecule has 1 saturated carbocycles. The standard InChI is InChI=1S/C16H23FN2/c17-15-7-2-1-6-14(15)16-12(11-18)5-3-4-10-19(16)13-8-9-13/h1-2,6-7,12-13,16H,3-5,8-11,18H2. The lowest BCUT2D eigenvalue weighted by molar-refractivity contribution is 0.145. The number of likely N-dealkylation sites (tertiary alicyclic amines) is 1. The minimum atomic E-state index is -0.0708. The summed E-state index contributed by atoms with van der Waals surface area (Å²) in [6.07, 6.45) is 6.09. The molecule has 2 unspecified atom stereocenters. The minimum absolute atomic E-state index is 0.0708. The summed E-state index contributed by atoms with van der Waals surface area (Å²) in [6.45, 7) is 1.75. The van der Waals surface area contributed by atoms with Crippen LogP contribution in [0.3, 0.4) is 0 Å². The van der Waals surface area contributed by atoms with E-state index in [1.54, 1.807) is 12.1 Å². The Kier molecular flexibility index (Phi) is 3.85. The van der Waals surface area contributed by atoms with Gasteiger partial charge >= 0.3 is 0 Å². The quantitative estimate of drug-likeness (QED) is 0.907. The summed E-state index contributed by atoms with van der Waals surface area (Å²) in [5.74, 6) is 0.318. The largest absolute Gasteiger partial charge is 0.330 e. The Morgan fingerprint density at radius 3 is 2.63 bits per heavy atom. The van der Waals surface area contributed by atoms with E-state index in [4.69, 9.17) is 5.73 Å². The number of nitrogens with two attached hydrogens (primary N) is 1. The van der Waals surface area contributed by atoms with E-state index in [2.05, 4.69) is 4.90 Å². The van der Waals surface area contributed by atoms with Crippen molar-refractivity contribution < 1.29 is 4.39 Å². The monoisotopic (exact) mass is 262 g/mol. The van der Waals surface area contributed by atoms with Gasteiger partial charge in [0, 0.05) is 17.6 Å². The molecule has 2 atom stereocenters. The Morgan fingerprint density at radius 1 is 1.16 bits per heavy atom. The van der Waals surface area contributed by atoms with Crippen LogP contribution in [0.2, 0.25) is 0 Å². The van der Waals surface area contributed by atoms with Crippen LogP contribution < -0.4 is 5.73 Å². The van der Waals surface area contributed by atoms with E-state index >= 15 is 0 Å². The number of nitrogens with zero attached hydrogens (tertiary/aromatic N) is 1. The summed E-state index contributed by atoms with van der Waals surface area (Å²) >= 11 is 0. The fraction of sp³-hybridized carbons (Fsp3) is 0.625. The molecule has 0 spiro atoms. The molecule has 1 aromatic rings. The molecule has 0 radical (unpaired) electrons. The van der Waals surface area contributed by atoms with Crippen molar-refractivity contribution in [3.05, 3.63) is 35.6 Å². The first kappa shape index (κ1) is 13.1. The third kappa shape index (κ3) is 2.67. The first-order chi connectivity index (χ1) is 9.31. The van der Waals surface area contributed by atoms with Crippen LogP contribution >= 0.6 is 0 Å². The van der Waals surface area contributed by atoms with Crippen molar-refractivity contribution >= 4 is 0 Å². The maximum Gasteiger partial charge on any atom is 0.127 e. The molecule has 1 saturated heterocycles. The summed E-state index contributed by atoms with van der Waals surface area (Å²) in [5, 5.41) is 0. The third-order valence-corrected chi connectivity index (χ3v) is 4.59. The van der Waals surface area contributed by atoms with Gasteiger partial charge in [-0.3, -0.25) is 4.90 Å². The van der Waals surface area contributed by atoms with Crippen LogP contribution in [-0.2, 0) is 0 Å². The molecular formula is C16H23FN2. The highest BCUT2D eigenvalue weighted by Crippen LogP contribution is 2.42. The first-order valence-electron chi connectivity index (χ1n) is 7.51. The van der Waals surface area contributed by atoms with E-state index in [-0.39, 0.29) is 11.9 Å². The Bertz CT molecular complexity index is 431. The van der Waals surface area contributed by atoms with Crippen molar-refractivity contribution in [2.75, 3.05) is 13.1 Å². The van der Waals surface area contributed by atoms with Gasteiger partial charge in [-0.2, -0.15) is 0 Å². The predicted molar refractivity (Wildman–Crippen MR) is 75.3 cm³/mol. The van der Waals surface area contributed by atoms with Gasteiger partial charge in [-0.1, -0.05) is 24.6 Å². The van der Waals surface area contributed by atoms with Crippen LogP contribution in [0, 0.1) is 11.7 Å². The third-order valence-electron chi connectivity index (χ3n) is 4.59. The SMILES string of the molecule is NCC1CCCCN(C2CC2)C1c1ccccc1F. The molecule has 3 heteroatoms. The van der Waals surface area contributed by atoms with Gasteiger partial charge in [-0.25, -0.2) is 4.39 Å². The highest BCUT2D eigenvalue weighted by Gasteiger charge is 2.39. The second-order valence-corrected chi connectivity index (χ2v) is 5.93. The van der Waals surface area contributed by atoms with Gasteiger partial charge in [0.1, 0.15) is 5.82 Å². The van der Waals surface area contributed by atoms with E-state index in [1.165, 1.54) is 25.7 Å². The molecule has 2 fully saturated rings. The highest BCUT2D eigenvalue weighted by molar-refractivity contribution is 5.23. The Balaban J connectivity index is 1.96. The van der Waals surface area contributed by atoms with Gasteiger partial charge in [0.25, 0.3) is 0 Å². The van der Waals surface area contributed by atoms with Crippen LogP contribution in [0.15, 0.2) is 24.3 Å². The van der Waals surface area contributed by atoms with Gasteiger partial charge in [0.2, 0.25) is 0 Å². The lowest BCUT2D eigenvalue weighted by Gasteiger charge is -2.35. The van der Waals surface area contributed by atoms with Crippen molar-refractivity contribution in [3.63, 3.8) is 0 Å². The molecule has 2 nitrogen and oxygen atoms in total. The van der Waals surface area contributed by atoms with Crippen molar-refractivity contribution in [1.82, 2.24) is 4.90 Å². The van der Waals surface area contributed by atoms with E-state index in [0.29, 0.717) is 18.5 Å². The molecule has 2 N–H and O–H groups in total. The second kappa shape index (κ2) is 5.59. The van der Waals surface area contributed by atoms with Crippen LogP contribution in [0.1, 0.15) is 43.7 Å². The summed E-state index contributed by atoms with van der Waals surface area (Å²) < 4.78 is 14.2. The normalized spacial score (nSPS) is 29.2. The Morgan fingerprint density at radius 2 is 1.95 bits per heavy atom. The minimum Gasteiger partial charge on any atom is -0.330 e. The number of hydrogen-bond donors (Lipinski definition) is 1. The smallest absolute Gasteiger partial charge is 0.127 e. The van der Waals surface area contributed by atoms with Crippen molar-refractivity contribution in [2.24, 2.45) is 11.7 Å². The highest BCUT2D eigenvalue weighted by atomic mass is 19.1. The summed E-state index contributed by atoms with van der Waals surface area (Å²) in [5.41, 5.74) is 6.84. The van der Waals surface area contributed by atoms with Gasteiger partial charge in [0.05, 0.1) is 0 Å². The molecule has 19 heavy (non-hydrogen) atoms. The van der Waals surface area contributed by atoms with Gasteiger partial charge in [-0.15, -0.1) is 0 Å². The maximum absolute atomic E-state index is 14.2. The lowest BCUT2D eigenvalue weighted by Crippen LogP contribution is -2.37. The summed E-state index contributed by atoms with van der Waals surface area (Å²) in [6, 6.07) is 8.09. The van der Waals surface area contributed by atoms with Crippen LogP contribution in [0.25, 0.3) is 0 Å². The number of hydrogen-bond acceptors (Lipinski definition) is 2. The molecule has 1 aromatic carbocycles. The summed E-state index contributed by atoms with van der Waals surface area (Å²) in [7, 11) is 0. The van der Waals surface area contributed by atoms with Crippen molar-refractivity contribution in [3.8, 4) is 0 Å². The fourth-order valence-corrected chi connectivity index (χ4v) is 3.48. The van der Waals surface area contributed by atoms with Gasteiger partial charge < -0.3 is 5.73 Å². The molecule has 1 heterocycles. The maximum atomic E-state index is 14.2. The second-order valence-electron chi connectivity index (χ2n) is 5.93. The molecule has 104 valence electrons. The Hall–Kier alpha value is -0.930. The Labute approximate surface area is 114 Å². The number of benzene rings is 1. The molecule has 0 bridgehead atoms. The average Bonchev–Trinajstić information content (AvgIpc) is 3.25. The number of rotatable bonds is 3. The lowest BCUT2D eigenvalue weighted by atomic mass is 9.89. The van der Waals surface area contributed by atoms with Crippen LogP contribution in [0.5, 0.6) is 0 Å². The summed E-state index contributed by atoms with van der Waals surface area (Å²) in [4.78, 5) is 2.53. The van der Waals surface area contributed by atoms with Gasteiger partial charge in [0.15, 0.2) is 0 Å². The molecule has 3 rings (SSSR count).